The monoisotopic (exact) mass is 286 g/mol. The summed E-state index contributed by atoms with van der Waals surface area (Å²) in [6.45, 7) is 6.91. The van der Waals surface area contributed by atoms with Crippen molar-refractivity contribution in [1.29, 1.82) is 0 Å². The molecule has 0 aliphatic heterocycles. The summed E-state index contributed by atoms with van der Waals surface area (Å²) in [5.41, 5.74) is 1.64. The Morgan fingerprint density at radius 1 is 1.19 bits per heavy atom. The summed E-state index contributed by atoms with van der Waals surface area (Å²) in [5.74, 6) is -0.00335. The molecule has 2 aromatic rings. The van der Waals surface area contributed by atoms with Crippen molar-refractivity contribution in [3.05, 3.63) is 42.2 Å². The number of carbonyl (C=O) groups excluding carboxylic acids is 2. The van der Waals surface area contributed by atoms with Crippen LogP contribution in [0.5, 0.6) is 0 Å². The Bertz CT molecular complexity index is 681. The molecule has 1 heterocycles. The maximum absolute atomic E-state index is 11.9. The minimum Gasteiger partial charge on any atom is -0.442 e. The molecule has 0 saturated heterocycles. The van der Waals surface area contributed by atoms with E-state index < -0.39 is 11.7 Å². The molecule has 2 rings (SSSR count). The van der Waals surface area contributed by atoms with Gasteiger partial charge in [0.05, 0.1) is 6.20 Å². The van der Waals surface area contributed by atoms with Gasteiger partial charge < -0.3 is 4.74 Å². The van der Waals surface area contributed by atoms with Gasteiger partial charge in [0.1, 0.15) is 5.60 Å². The number of ketones is 1. The average molecular weight is 286 g/mol. The molecule has 1 aromatic carbocycles. The number of Topliss-reactive ketones (excluding diaryl/α,β-unsaturated/α-hetero) is 1. The van der Waals surface area contributed by atoms with E-state index in [1.807, 2.05) is 6.07 Å². The number of nitrogens with zero attached hydrogens (tertiary/aromatic N) is 2. The summed E-state index contributed by atoms with van der Waals surface area (Å²) in [5, 5.41) is 4.01. The second-order valence-electron chi connectivity index (χ2n) is 5.79. The smallest absolute Gasteiger partial charge is 0.435 e. The molecular formula is C16H18N2O3. The maximum atomic E-state index is 11.9. The molecule has 21 heavy (non-hydrogen) atoms. The maximum Gasteiger partial charge on any atom is 0.435 e. The Labute approximate surface area is 123 Å². The number of hydrogen-bond acceptors (Lipinski definition) is 4. The third-order valence-corrected chi connectivity index (χ3v) is 2.77. The highest BCUT2D eigenvalue weighted by molar-refractivity contribution is 5.95. The molecule has 0 atom stereocenters. The molecule has 110 valence electrons. The van der Waals surface area contributed by atoms with Gasteiger partial charge in [0.15, 0.2) is 5.78 Å². The lowest BCUT2D eigenvalue weighted by Gasteiger charge is -2.18. The van der Waals surface area contributed by atoms with Crippen molar-refractivity contribution in [2.45, 2.75) is 33.3 Å². The highest BCUT2D eigenvalue weighted by Crippen LogP contribution is 2.20. The lowest BCUT2D eigenvalue weighted by atomic mass is 10.0. The van der Waals surface area contributed by atoms with Crippen LogP contribution < -0.4 is 0 Å². The molecule has 0 N–H and O–H groups in total. The summed E-state index contributed by atoms with van der Waals surface area (Å²) < 4.78 is 6.40. The van der Waals surface area contributed by atoms with E-state index in [4.69, 9.17) is 4.74 Å². The molecular weight excluding hydrogens is 268 g/mol. The summed E-state index contributed by atoms with van der Waals surface area (Å²) in [7, 11) is 0. The molecule has 0 fully saturated rings. The van der Waals surface area contributed by atoms with Gasteiger partial charge in [-0.25, -0.2) is 4.79 Å². The zero-order valence-electron chi connectivity index (χ0n) is 12.6. The van der Waals surface area contributed by atoms with E-state index in [0.29, 0.717) is 5.56 Å². The lowest BCUT2D eigenvalue weighted by Crippen LogP contribution is -2.27. The second kappa shape index (κ2) is 5.52. The van der Waals surface area contributed by atoms with Gasteiger partial charge in [-0.2, -0.15) is 9.78 Å². The minimum atomic E-state index is -0.572. The van der Waals surface area contributed by atoms with Crippen molar-refractivity contribution < 1.29 is 14.3 Å². The number of benzene rings is 1. The van der Waals surface area contributed by atoms with Crippen LogP contribution in [0.2, 0.25) is 0 Å². The predicted octanol–water partition coefficient (Wildman–Crippen LogP) is 3.54. The highest BCUT2D eigenvalue weighted by atomic mass is 16.6. The standard InChI is InChI=1S/C16H18N2O3/c1-11(19)12-6-5-7-13(8-12)14-9-17-18(10-14)15(20)21-16(2,3)4/h5-10H,1-4H3. The van der Waals surface area contributed by atoms with Crippen molar-refractivity contribution in [2.24, 2.45) is 0 Å². The normalized spacial score (nSPS) is 11.2. The van der Waals surface area contributed by atoms with Gasteiger partial charge in [0.25, 0.3) is 0 Å². The van der Waals surface area contributed by atoms with Gasteiger partial charge in [0, 0.05) is 17.3 Å². The van der Waals surface area contributed by atoms with E-state index in [1.165, 1.54) is 6.92 Å². The molecule has 5 nitrogen and oxygen atoms in total. The van der Waals surface area contributed by atoms with Crippen LogP contribution in [0.15, 0.2) is 36.7 Å². The Kier molecular flexibility index (Phi) is 3.93. The number of carbonyl (C=O) groups is 2. The summed E-state index contributed by atoms with van der Waals surface area (Å²) in [6.07, 6.45) is 2.63. The Morgan fingerprint density at radius 3 is 2.52 bits per heavy atom. The van der Waals surface area contributed by atoms with Crippen molar-refractivity contribution in [1.82, 2.24) is 9.78 Å². The first-order chi connectivity index (χ1) is 9.76. The predicted molar refractivity (Wildman–Crippen MR) is 79.3 cm³/mol. The molecule has 0 aliphatic rings. The third-order valence-electron chi connectivity index (χ3n) is 2.77. The molecule has 0 unspecified atom stereocenters. The zero-order valence-corrected chi connectivity index (χ0v) is 12.6. The van der Waals surface area contributed by atoms with Crippen LogP contribution in [-0.2, 0) is 4.74 Å². The van der Waals surface area contributed by atoms with Crippen LogP contribution >= 0.6 is 0 Å². The van der Waals surface area contributed by atoms with E-state index in [-0.39, 0.29) is 5.78 Å². The first-order valence-corrected chi connectivity index (χ1v) is 6.66. The van der Waals surface area contributed by atoms with Gasteiger partial charge in [0.2, 0.25) is 0 Å². The molecule has 0 saturated carbocycles. The van der Waals surface area contributed by atoms with Crippen LogP contribution in [0.1, 0.15) is 38.1 Å². The lowest BCUT2D eigenvalue weighted by molar-refractivity contribution is 0.0514. The molecule has 0 spiro atoms. The van der Waals surface area contributed by atoms with Crippen molar-refractivity contribution in [2.75, 3.05) is 0 Å². The minimum absolute atomic E-state index is 0.00335. The van der Waals surface area contributed by atoms with E-state index in [9.17, 15) is 9.59 Å². The van der Waals surface area contributed by atoms with Crippen LogP contribution in [0.25, 0.3) is 11.1 Å². The second-order valence-corrected chi connectivity index (χ2v) is 5.79. The van der Waals surface area contributed by atoms with Crippen molar-refractivity contribution >= 4 is 11.9 Å². The number of hydrogen-bond donors (Lipinski definition) is 0. The molecule has 0 aliphatic carbocycles. The number of ether oxygens (including phenoxy) is 1. The average Bonchev–Trinajstić information content (AvgIpc) is 2.86. The Hall–Kier alpha value is -2.43. The highest BCUT2D eigenvalue weighted by Gasteiger charge is 2.18. The van der Waals surface area contributed by atoms with Crippen LogP contribution in [-0.4, -0.2) is 27.3 Å². The summed E-state index contributed by atoms with van der Waals surface area (Å²) >= 11 is 0. The molecule has 1 aromatic heterocycles. The SMILES string of the molecule is CC(=O)c1cccc(-c2cnn(C(=O)OC(C)(C)C)c2)c1. The molecule has 0 radical (unpaired) electrons. The van der Waals surface area contributed by atoms with Gasteiger partial charge >= 0.3 is 6.09 Å². The van der Waals surface area contributed by atoms with Crippen LogP contribution in [0.4, 0.5) is 4.79 Å². The van der Waals surface area contributed by atoms with Crippen molar-refractivity contribution in [3.8, 4) is 11.1 Å². The largest absolute Gasteiger partial charge is 0.442 e. The summed E-state index contributed by atoms with van der Waals surface area (Å²) in [4.78, 5) is 23.3. The fourth-order valence-corrected chi connectivity index (χ4v) is 1.80. The van der Waals surface area contributed by atoms with E-state index in [2.05, 4.69) is 5.10 Å². The Morgan fingerprint density at radius 2 is 1.90 bits per heavy atom. The third kappa shape index (κ3) is 3.78. The quantitative estimate of drug-likeness (QED) is 0.792. The molecule has 5 heteroatoms. The van der Waals surface area contributed by atoms with E-state index in [1.54, 1.807) is 51.4 Å². The first kappa shape index (κ1) is 15.0. The van der Waals surface area contributed by atoms with Crippen molar-refractivity contribution in [3.63, 3.8) is 0 Å². The first-order valence-electron chi connectivity index (χ1n) is 6.66. The zero-order chi connectivity index (χ0) is 15.6. The van der Waals surface area contributed by atoms with Gasteiger partial charge in [-0.15, -0.1) is 0 Å². The molecule has 0 bridgehead atoms. The van der Waals surface area contributed by atoms with E-state index >= 15 is 0 Å². The topological polar surface area (TPSA) is 61.2 Å². The fourth-order valence-electron chi connectivity index (χ4n) is 1.80. The molecule has 0 amide bonds. The number of rotatable bonds is 2. The van der Waals surface area contributed by atoms with Gasteiger partial charge in [-0.1, -0.05) is 18.2 Å². The number of aromatic nitrogens is 2. The van der Waals surface area contributed by atoms with Crippen LogP contribution in [0, 0.1) is 0 Å². The Balaban J connectivity index is 2.26. The van der Waals surface area contributed by atoms with E-state index in [0.717, 1.165) is 15.8 Å². The summed E-state index contributed by atoms with van der Waals surface area (Å²) in [6, 6.07) is 7.20. The van der Waals surface area contributed by atoms with Gasteiger partial charge in [-0.05, 0) is 39.3 Å². The van der Waals surface area contributed by atoms with Crippen LogP contribution in [0.3, 0.4) is 0 Å². The fraction of sp³-hybridized carbons (Fsp3) is 0.312. The van der Waals surface area contributed by atoms with Gasteiger partial charge in [-0.3, -0.25) is 4.79 Å².